The Morgan fingerprint density at radius 2 is 1.58 bits per heavy atom. The molecule has 9 nitrogen and oxygen atoms in total. The highest BCUT2D eigenvalue weighted by molar-refractivity contribution is 5.95. The van der Waals surface area contributed by atoms with E-state index in [2.05, 4.69) is 19.4 Å². The van der Waals surface area contributed by atoms with Gasteiger partial charge in [0.1, 0.15) is 0 Å². The van der Waals surface area contributed by atoms with Crippen molar-refractivity contribution in [3.63, 3.8) is 0 Å². The van der Waals surface area contributed by atoms with Crippen molar-refractivity contribution < 1.29 is 40.8 Å². The molecule has 0 fully saturated rings. The summed E-state index contributed by atoms with van der Waals surface area (Å²) in [6, 6.07) is 0. The molecule has 3 aromatic rings. The summed E-state index contributed by atoms with van der Waals surface area (Å²) < 4.78 is 54.2. The first kappa shape index (κ1) is 24.1. The molecule has 3 rings (SSSR count). The van der Waals surface area contributed by atoms with Crippen LogP contribution in [0.5, 0.6) is 0 Å². The summed E-state index contributed by atoms with van der Waals surface area (Å²) in [6.45, 7) is 4.55. The number of carbonyl (C=O) groups is 3. The van der Waals surface area contributed by atoms with Crippen molar-refractivity contribution in [3.8, 4) is 0 Å². The minimum Gasteiger partial charge on any atom is -0.438 e. The maximum Gasteiger partial charge on any atom is 0.452 e. The SMILES string of the molecule is CCC(=O)c1oc(CCC(=O)c2cnc(CCC(=O)c3nc(C)oc3C(F)(F)F)o2)nc1C. The maximum absolute atomic E-state index is 13.0. The molecule has 0 aromatic carbocycles. The summed E-state index contributed by atoms with van der Waals surface area (Å²) >= 11 is 0. The highest BCUT2D eigenvalue weighted by Gasteiger charge is 2.41. The Morgan fingerprint density at radius 3 is 2.24 bits per heavy atom. The Morgan fingerprint density at radius 1 is 0.909 bits per heavy atom. The molecular weight excluding hydrogens is 447 g/mol. The minimum atomic E-state index is -4.85. The van der Waals surface area contributed by atoms with Crippen molar-refractivity contribution in [2.24, 2.45) is 0 Å². The molecule has 0 spiro atoms. The number of rotatable bonds is 10. The average molecular weight is 467 g/mol. The molecular formula is C21H20F3N3O6. The number of hydrogen-bond acceptors (Lipinski definition) is 9. The van der Waals surface area contributed by atoms with Gasteiger partial charge in [0.2, 0.25) is 5.76 Å². The van der Waals surface area contributed by atoms with E-state index in [1.165, 1.54) is 13.1 Å². The number of aryl methyl sites for hydroxylation is 4. The van der Waals surface area contributed by atoms with Crippen LogP contribution in [0.2, 0.25) is 0 Å². The molecule has 12 heteroatoms. The molecule has 3 heterocycles. The quantitative estimate of drug-likeness (QED) is 0.395. The first-order valence-electron chi connectivity index (χ1n) is 10.0. The Kier molecular flexibility index (Phi) is 6.94. The van der Waals surface area contributed by atoms with E-state index in [0.717, 1.165) is 0 Å². The van der Waals surface area contributed by atoms with Crippen molar-refractivity contribution in [2.45, 2.75) is 59.1 Å². The van der Waals surface area contributed by atoms with E-state index in [1.807, 2.05) is 0 Å². The number of Topliss-reactive ketones (excluding diaryl/α,β-unsaturated/α-hetero) is 3. The monoisotopic (exact) mass is 467 g/mol. The van der Waals surface area contributed by atoms with Crippen LogP contribution in [-0.2, 0) is 19.0 Å². The van der Waals surface area contributed by atoms with Gasteiger partial charge in [0.25, 0.3) is 0 Å². The predicted octanol–water partition coefficient (Wildman–Crippen LogP) is 4.51. The molecule has 0 radical (unpaired) electrons. The number of nitrogens with zero attached hydrogens (tertiary/aromatic N) is 3. The summed E-state index contributed by atoms with van der Waals surface area (Å²) in [7, 11) is 0. The van der Waals surface area contributed by atoms with Crippen LogP contribution in [0.25, 0.3) is 0 Å². The van der Waals surface area contributed by atoms with Crippen molar-refractivity contribution >= 4 is 17.3 Å². The van der Waals surface area contributed by atoms with Crippen LogP contribution in [0.1, 0.15) is 86.9 Å². The number of hydrogen-bond donors (Lipinski definition) is 0. The lowest BCUT2D eigenvalue weighted by Gasteiger charge is -2.03. The average Bonchev–Trinajstić information content (AvgIpc) is 3.47. The summed E-state index contributed by atoms with van der Waals surface area (Å²) in [5.74, 6) is -2.85. The van der Waals surface area contributed by atoms with Gasteiger partial charge in [-0.25, -0.2) is 15.0 Å². The van der Waals surface area contributed by atoms with Gasteiger partial charge in [-0.15, -0.1) is 0 Å². The molecule has 176 valence electrons. The lowest BCUT2D eigenvalue weighted by molar-refractivity contribution is -0.153. The lowest BCUT2D eigenvalue weighted by atomic mass is 10.1. The fourth-order valence-electron chi connectivity index (χ4n) is 3.02. The largest absolute Gasteiger partial charge is 0.452 e. The topological polar surface area (TPSA) is 129 Å². The standard InChI is InChI=1S/C21H20F3N3O6/c1-4-12(28)19-10(2)26-17(33-19)8-5-13(29)15-9-25-16(32-15)7-6-14(30)18-20(21(22,23)24)31-11(3)27-18/h9H,4-8H2,1-3H3. The Labute approximate surface area is 185 Å². The van der Waals surface area contributed by atoms with Gasteiger partial charge in [0.15, 0.2) is 52.2 Å². The molecule has 0 aliphatic rings. The van der Waals surface area contributed by atoms with E-state index in [9.17, 15) is 27.6 Å². The Hall–Kier alpha value is -3.57. The zero-order valence-corrected chi connectivity index (χ0v) is 18.0. The first-order valence-corrected chi connectivity index (χ1v) is 10.0. The third-order valence-electron chi connectivity index (χ3n) is 4.63. The number of ketones is 3. The molecule has 0 bridgehead atoms. The normalized spacial score (nSPS) is 11.7. The number of alkyl halides is 3. The number of aromatic nitrogens is 3. The van der Waals surface area contributed by atoms with Crippen molar-refractivity contribution in [3.05, 3.63) is 52.5 Å². The third kappa shape index (κ3) is 5.62. The molecule has 0 saturated heterocycles. The molecule has 0 unspecified atom stereocenters. The van der Waals surface area contributed by atoms with Crippen molar-refractivity contribution in [1.29, 1.82) is 0 Å². The van der Waals surface area contributed by atoms with Crippen molar-refractivity contribution in [1.82, 2.24) is 15.0 Å². The van der Waals surface area contributed by atoms with Gasteiger partial charge in [-0.3, -0.25) is 14.4 Å². The molecule has 0 aliphatic heterocycles. The molecule has 0 amide bonds. The maximum atomic E-state index is 13.0. The molecule has 33 heavy (non-hydrogen) atoms. The Balaban J connectivity index is 1.57. The third-order valence-corrected chi connectivity index (χ3v) is 4.63. The van der Waals surface area contributed by atoms with Crippen LogP contribution >= 0.6 is 0 Å². The van der Waals surface area contributed by atoms with E-state index >= 15 is 0 Å². The van der Waals surface area contributed by atoms with E-state index < -0.39 is 29.2 Å². The molecule has 3 aromatic heterocycles. The van der Waals surface area contributed by atoms with Crippen LogP contribution in [-0.4, -0.2) is 32.3 Å². The summed E-state index contributed by atoms with van der Waals surface area (Å²) in [5.41, 5.74) is -0.350. The zero-order chi connectivity index (χ0) is 24.3. The van der Waals surface area contributed by atoms with E-state index in [4.69, 9.17) is 8.83 Å². The van der Waals surface area contributed by atoms with E-state index in [1.54, 1.807) is 13.8 Å². The highest BCUT2D eigenvalue weighted by Crippen LogP contribution is 2.33. The van der Waals surface area contributed by atoms with Gasteiger partial charge in [-0.05, 0) is 6.92 Å². The fraction of sp³-hybridized carbons (Fsp3) is 0.429. The molecule has 0 N–H and O–H groups in total. The minimum absolute atomic E-state index is 0.0169. The zero-order valence-electron chi connectivity index (χ0n) is 18.0. The van der Waals surface area contributed by atoms with Gasteiger partial charge in [-0.2, -0.15) is 13.2 Å². The lowest BCUT2D eigenvalue weighted by Crippen LogP contribution is -2.12. The van der Waals surface area contributed by atoms with Crippen LogP contribution < -0.4 is 0 Å². The summed E-state index contributed by atoms with van der Waals surface area (Å²) in [5, 5.41) is 0. The highest BCUT2D eigenvalue weighted by atomic mass is 19.4. The van der Waals surface area contributed by atoms with Gasteiger partial charge < -0.3 is 13.3 Å². The van der Waals surface area contributed by atoms with Crippen LogP contribution in [0.15, 0.2) is 19.4 Å². The molecule has 0 saturated carbocycles. The second-order valence-corrected chi connectivity index (χ2v) is 7.17. The van der Waals surface area contributed by atoms with Gasteiger partial charge in [-0.1, -0.05) is 6.92 Å². The van der Waals surface area contributed by atoms with Crippen LogP contribution in [0.4, 0.5) is 13.2 Å². The van der Waals surface area contributed by atoms with Crippen LogP contribution in [0.3, 0.4) is 0 Å². The smallest absolute Gasteiger partial charge is 0.438 e. The molecule has 0 atom stereocenters. The van der Waals surface area contributed by atoms with Crippen LogP contribution in [0, 0.1) is 13.8 Å². The molecule has 0 aliphatic carbocycles. The van der Waals surface area contributed by atoms with E-state index in [0.29, 0.717) is 5.69 Å². The summed E-state index contributed by atoms with van der Waals surface area (Å²) in [4.78, 5) is 47.9. The number of carbonyl (C=O) groups excluding carboxylic acids is 3. The summed E-state index contributed by atoms with van der Waals surface area (Å²) in [6.07, 6.45) is -3.79. The van der Waals surface area contributed by atoms with Gasteiger partial charge in [0.05, 0.1) is 11.9 Å². The second-order valence-electron chi connectivity index (χ2n) is 7.17. The van der Waals surface area contributed by atoms with E-state index in [-0.39, 0.29) is 67.1 Å². The fourth-order valence-corrected chi connectivity index (χ4v) is 3.02. The number of oxazole rings is 3. The second kappa shape index (κ2) is 9.51. The first-order chi connectivity index (χ1) is 15.5. The predicted molar refractivity (Wildman–Crippen MR) is 104 cm³/mol. The number of halogens is 3. The van der Waals surface area contributed by atoms with Gasteiger partial charge >= 0.3 is 6.18 Å². The Bertz CT molecular complexity index is 1190. The van der Waals surface area contributed by atoms with Crippen molar-refractivity contribution in [2.75, 3.05) is 0 Å². The van der Waals surface area contributed by atoms with Gasteiger partial charge in [0, 0.05) is 39.0 Å².